The highest BCUT2D eigenvalue weighted by Gasteiger charge is 2.14. The number of hydrazine groups is 1. The lowest BCUT2D eigenvalue weighted by Gasteiger charge is -2.15. The van der Waals surface area contributed by atoms with Crippen LogP contribution in [0.25, 0.3) is 0 Å². The maximum atomic E-state index is 5.66. The first-order chi connectivity index (χ1) is 10.3. The van der Waals surface area contributed by atoms with Crippen molar-refractivity contribution >= 4 is 0 Å². The average molecular weight is 284 g/mol. The summed E-state index contributed by atoms with van der Waals surface area (Å²) in [5.74, 6) is 6.68. The van der Waals surface area contributed by atoms with E-state index in [2.05, 4.69) is 33.6 Å². The molecule has 0 bridgehead atoms. The second-order valence-electron chi connectivity index (χ2n) is 5.38. The van der Waals surface area contributed by atoms with Gasteiger partial charge in [-0.3, -0.25) is 21.2 Å². The van der Waals surface area contributed by atoms with Crippen LogP contribution in [0.1, 0.15) is 35.0 Å². The number of fused-ring (bicyclic) bond motifs is 1. The van der Waals surface area contributed by atoms with Gasteiger partial charge in [-0.25, -0.2) is 0 Å². The monoisotopic (exact) mass is 284 g/mol. The number of rotatable bonds is 5. The van der Waals surface area contributed by atoms with Crippen LogP contribution >= 0.6 is 0 Å². The predicted molar refractivity (Wildman–Crippen MR) is 80.8 cm³/mol. The predicted octanol–water partition coefficient (Wildman–Crippen LogP) is 1.86. The van der Waals surface area contributed by atoms with Gasteiger partial charge in [-0.2, -0.15) is 0 Å². The van der Waals surface area contributed by atoms with Crippen LogP contribution < -0.4 is 16.0 Å². The SMILES string of the molecule is Cc1cnc(C(CCc2ccc3c(c2)CCO3)NN)cn1. The summed E-state index contributed by atoms with van der Waals surface area (Å²) in [6, 6.07) is 6.44. The zero-order valence-electron chi connectivity index (χ0n) is 12.2. The van der Waals surface area contributed by atoms with E-state index in [-0.39, 0.29) is 6.04 Å². The van der Waals surface area contributed by atoms with Crippen LogP contribution in [0.15, 0.2) is 30.6 Å². The van der Waals surface area contributed by atoms with Crippen molar-refractivity contribution in [1.82, 2.24) is 15.4 Å². The highest BCUT2D eigenvalue weighted by Crippen LogP contribution is 2.27. The first-order valence-electron chi connectivity index (χ1n) is 7.25. The molecule has 21 heavy (non-hydrogen) atoms. The maximum absolute atomic E-state index is 5.66. The quantitative estimate of drug-likeness (QED) is 0.647. The number of hydrogen-bond donors (Lipinski definition) is 2. The number of aryl methyl sites for hydroxylation is 2. The van der Waals surface area contributed by atoms with Crippen molar-refractivity contribution in [3.05, 3.63) is 53.1 Å². The molecule has 0 spiro atoms. The zero-order chi connectivity index (χ0) is 14.7. The molecule has 3 rings (SSSR count). The number of nitrogens with one attached hydrogen (secondary N) is 1. The third-order valence-electron chi connectivity index (χ3n) is 3.83. The fraction of sp³-hybridized carbons (Fsp3) is 0.375. The lowest BCUT2D eigenvalue weighted by molar-refractivity contribution is 0.357. The Labute approximate surface area is 124 Å². The molecule has 1 atom stereocenters. The molecule has 1 aliphatic rings. The fourth-order valence-corrected chi connectivity index (χ4v) is 2.61. The Kier molecular flexibility index (Phi) is 4.13. The number of aromatic nitrogens is 2. The summed E-state index contributed by atoms with van der Waals surface area (Å²) in [6.07, 6.45) is 6.39. The molecular formula is C16H20N4O. The molecule has 5 nitrogen and oxygen atoms in total. The standard InChI is InChI=1S/C16H20N4O/c1-11-9-19-15(10-18-11)14(20-17)4-2-12-3-5-16-13(8-12)6-7-21-16/h3,5,8-10,14,20H,2,4,6-7,17H2,1H3. The number of ether oxygens (including phenoxy) is 1. The number of nitrogens with two attached hydrogens (primary N) is 1. The van der Waals surface area contributed by atoms with Gasteiger partial charge in [0.15, 0.2) is 0 Å². The summed E-state index contributed by atoms with van der Waals surface area (Å²) in [4.78, 5) is 8.67. The van der Waals surface area contributed by atoms with E-state index in [1.165, 1.54) is 11.1 Å². The molecule has 0 aliphatic carbocycles. The largest absolute Gasteiger partial charge is 0.493 e. The van der Waals surface area contributed by atoms with E-state index < -0.39 is 0 Å². The lowest BCUT2D eigenvalue weighted by Crippen LogP contribution is -2.29. The summed E-state index contributed by atoms with van der Waals surface area (Å²) in [5, 5.41) is 0. The Morgan fingerprint density at radius 3 is 3.00 bits per heavy atom. The van der Waals surface area contributed by atoms with E-state index in [1.807, 2.05) is 6.92 Å². The van der Waals surface area contributed by atoms with Crippen molar-refractivity contribution in [2.45, 2.75) is 32.2 Å². The summed E-state index contributed by atoms with van der Waals surface area (Å²) < 4.78 is 5.53. The Bertz CT molecular complexity index is 612. The van der Waals surface area contributed by atoms with E-state index in [4.69, 9.17) is 10.6 Å². The third-order valence-corrected chi connectivity index (χ3v) is 3.83. The van der Waals surface area contributed by atoms with Gasteiger partial charge in [0, 0.05) is 12.6 Å². The fourth-order valence-electron chi connectivity index (χ4n) is 2.61. The summed E-state index contributed by atoms with van der Waals surface area (Å²) in [5.41, 5.74) is 7.24. The van der Waals surface area contributed by atoms with Crippen molar-refractivity contribution in [1.29, 1.82) is 0 Å². The van der Waals surface area contributed by atoms with Crippen molar-refractivity contribution in [3.63, 3.8) is 0 Å². The molecule has 1 aliphatic heterocycles. The second kappa shape index (κ2) is 6.20. The molecule has 0 amide bonds. The van der Waals surface area contributed by atoms with Gasteiger partial charge in [0.1, 0.15) is 5.75 Å². The Morgan fingerprint density at radius 2 is 2.24 bits per heavy atom. The van der Waals surface area contributed by atoms with Crippen molar-refractivity contribution in [3.8, 4) is 5.75 Å². The maximum Gasteiger partial charge on any atom is 0.122 e. The third kappa shape index (κ3) is 3.20. The van der Waals surface area contributed by atoms with Crippen LogP contribution in [-0.2, 0) is 12.8 Å². The molecule has 0 saturated carbocycles. The molecule has 1 aromatic heterocycles. The first kappa shape index (κ1) is 14.0. The first-order valence-corrected chi connectivity index (χ1v) is 7.25. The Hall–Kier alpha value is -1.98. The number of nitrogens with zero attached hydrogens (tertiary/aromatic N) is 2. The van der Waals surface area contributed by atoms with Crippen molar-refractivity contribution in [2.24, 2.45) is 5.84 Å². The van der Waals surface area contributed by atoms with Crippen molar-refractivity contribution < 1.29 is 4.74 Å². The molecule has 2 aromatic rings. The molecule has 3 N–H and O–H groups in total. The summed E-state index contributed by atoms with van der Waals surface area (Å²) in [6.45, 7) is 2.72. The molecule has 1 unspecified atom stereocenters. The van der Waals surface area contributed by atoms with Gasteiger partial charge in [-0.15, -0.1) is 0 Å². The van der Waals surface area contributed by atoms with Crippen LogP contribution in [0.2, 0.25) is 0 Å². The minimum atomic E-state index is 0.0163. The van der Waals surface area contributed by atoms with Crippen molar-refractivity contribution in [2.75, 3.05) is 6.61 Å². The molecule has 1 aromatic carbocycles. The summed E-state index contributed by atoms with van der Waals surface area (Å²) in [7, 11) is 0. The average Bonchev–Trinajstić information content (AvgIpc) is 2.97. The Balaban J connectivity index is 1.66. The summed E-state index contributed by atoms with van der Waals surface area (Å²) >= 11 is 0. The van der Waals surface area contributed by atoms with Gasteiger partial charge in [0.2, 0.25) is 0 Å². The van der Waals surface area contributed by atoms with Crippen LogP contribution in [-0.4, -0.2) is 16.6 Å². The number of hydrogen-bond acceptors (Lipinski definition) is 5. The molecule has 0 radical (unpaired) electrons. The topological polar surface area (TPSA) is 73.1 Å². The normalized spacial score (nSPS) is 14.6. The molecular weight excluding hydrogens is 264 g/mol. The highest BCUT2D eigenvalue weighted by atomic mass is 16.5. The molecule has 2 heterocycles. The van der Waals surface area contributed by atoms with Gasteiger partial charge >= 0.3 is 0 Å². The zero-order valence-corrected chi connectivity index (χ0v) is 12.2. The minimum Gasteiger partial charge on any atom is -0.493 e. The number of benzene rings is 1. The van der Waals surface area contributed by atoms with Gasteiger partial charge in [0.05, 0.1) is 30.2 Å². The van der Waals surface area contributed by atoms with Crippen LogP contribution in [0.4, 0.5) is 0 Å². The van der Waals surface area contributed by atoms with Gasteiger partial charge in [-0.1, -0.05) is 12.1 Å². The minimum absolute atomic E-state index is 0.0163. The van der Waals surface area contributed by atoms with E-state index in [0.717, 1.165) is 43.0 Å². The highest BCUT2D eigenvalue weighted by molar-refractivity contribution is 5.39. The smallest absolute Gasteiger partial charge is 0.122 e. The van der Waals surface area contributed by atoms with Crippen LogP contribution in [0.5, 0.6) is 5.75 Å². The van der Waals surface area contributed by atoms with Gasteiger partial charge in [-0.05, 0) is 37.0 Å². The van der Waals surface area contributed by atoms with E-state index in [0.29, 0.717) is 0 Å². The molecule has 110 valence electrons. The van der Waals surface area contributed by atoms with E-state index >= 15 is 0 Å². The van der Waals surface area contributed by atoms with Gasteiger partial charge in [0.25, 0.3) is 0 Å². The van der Waals surface area contributed by atoms with Crippen LogP contribution in [0, 0.1) is 6.92 Å². The molecule has 0 saturated heterocycles. The Morgan fingerprint density at radius 1 is 1.33 bits per heavy atom. The van der Waals surface area contributed by atoms with E-state index in [1.54, 1.807) is 12.4 Å². The van der Waals surface area contributed by atoms with Crippen LogP contribution in [0.3, 0.4) is 0 Å². The van der Waals surface area contributed by atoms with Gasteiger partial charge < -0.3 is 4.74 Å². The molecule has 5 heteroatoms. The van der Waals surface area contributed by atoms with E-state index in [9.17, 15) is 0 Å². The second-order valence-corrected chi connectivity index (χ2v) is 5.38. The lowest BCUT2D eigenvalue weighted by atomic mass is 10.0. The molecule has 0 fully saturated rings.